The lowest BCUT2D eigenvalue weighted by molar-refractivity contribution is -0.138. The minimum absolute atomic E-state index is 0. The first-order valence-electron chi connectivity index (χ1n) is 41.2. The molecule has 4 saturated heterocycles. The number of aromatic hydroxyl groups is 1. The molecule has 0 saturated carbocycles. The highest BCUT2D eigenvalue weighted by Crippen LogP contribution is 2.53. The maximum Gasteiger partial charge on any atom is 0.419 e. The summed E-state index contributed by atoms with van der Waals surface area (Å²) in [6.07, 6.45) is 8.08. The second-order valence-corrected chi connectivity index (χ2v) is 34.6. The van der Waals surface area contributed by atoms with Crippen molar-refractivity contribution in [3.63, 3.8) is 0 Å². The standard InChI is InChI=1S/C27H29FN2O3.C24H20ClF3N2O3.C23H20Cl2N2O3.C22H20FN3O3.H2/c1-26(2,3)20-9-7-18(16-22(20)32-4)25(31)29-14-11-27(12-15-29)24-6-5-13-30(24)21-10-8-19(28)17-23(21)33-27;1-32-19-7-4-15(13-17(19)24(26,27)28)22(31)29-11-8-23(9-12-29)21-3-2-10-30(21)18-6-5-16(25)14-20(18)33-23;1-29-19-7-5-15(24)13-17(19)22(28)26-11-8-23(9-12-26)21-3-2-10-27(21)18-6-4-16(25)14-20(18)30-23;1-25-20-15-4-2-3-5-19(15)29-22(16(20)13-24-25)8-10-26(11-9-22)21(28)14-6-7-18(27)17(23)12-14;/h5-10,13,16-17H,11-12,14-15H2,1-4H3;2-7,10,13-14H,8-9,11-12H2,1H3;2-7,10,13-14H,8-9,11-12H2,1H3;2-7,12-13,27H,8-11H2,1H3;1H. The van der Waals surface area contributed by atoms with Crippen LogP contribution in [-0.2, 0) is 41.0 Å². The molecule has 0 bridgehead atoms. The number of para-hydroxylation sites is 1. The van der Waals surface area contributed by atoms with E-state index in [1.807, 2.05) is 137 Å². The van der Waals surface area contributed by atoms with E-state index >= 15 is 0 Å². The minimum atomic E-state index is -4.62. The highest BCUT2D eigenvalue weighted by Gasteiger charge is 2.51. The van der Waals surface area contributed by atoms with E-state index in [1.165, 1.54) is 43.5 Å². The number of rotatable bonds is 7. The van der Waals surface area contributed by atoms with E-state index in [1.54, 1.807) is 60.4 Å². The van der Waals surface area contributed by atoms with E-state index in [0.29, 0.717) is 147 Å². The van der Waals surface area contributed by atoms with Crippen LogP contribution in [0.2, 0.25) is 15.1 Å². The normalized spacial score (nSPS) is 16.7. The van der Waals surface area contributed by atoms with Gasteiger partial charge in [-0.15, -0.1) is 0 Å². The zero-order valence-electron chi connectivity index (χ0n) is 69.5. The first kappa shape index (κ1) is 84.8. The lowest BCUT2D eigenvalue weighted by Crippen LogP contribution is -2.50. The van der Waals surface area contributed by atoms with Gasteiger partial charge in [-0.3, -0.25) is 23.9 Å². The average molecular weight is 1760 g/mol. The molecule has 29 heteroatoms. The number of halogens is 8. The molecule has 0 aliphatic carbocycles. The van der Waals surface area contributed by atoms with Crippen LogP contribution in [0.15, 0.2) is 213 Å². The third-order valence-corrected chi connectivity index (χ3v) is 25.7. The van der Waals surface area contributed by atoms with Gasteiger partial charge in [0.05, 0.1) is 78.5 Å². The van der Waals surface area contributed by atoms with Crippen molar-refractivity contribution < 1.29 is 80.8 Å². The summed E-state index contributed by atoms with van der Waals surface area (Å²) in [4.78, 5) is 59.3. The fourth-order valence-electron chi connectivity index (χ4n) is 18.5. The summed E-state index contributed by atoms with van der Waals surface area (Å²) < 4.78 is 118. The number of fused-ring (bicyclic) bond motifs is 16. The molecule has 1 N–H and O–H groups in total. The number of carbonyl (C=O) groups excluding carboxylic acids is 4. The van der Waals surface area contributed by atoms with E-state index in [9.17, 15) is 46.2 Å². The third-order valence-electron chi connectivity index (χ3n) is 25.0. The minimum Gasteiger partial charge on any atom is -0.505 e. The van der Waals surface area contributed by atoms with Crippen LogP contribution < -0.4 is 33.2 Å². The number of carbonyl (C=O) groups is 4. The molecule has 4 fully saturated rings. The summed E-state index contributed by atoms with van der Waals surface area (Å²) in [5.74, 6) is 1.36. The molecule has 4 spiro atoms. The van der Waals surface area contributed by atoms with Gasteiger partial charge >= 0.3 is 6.18 Å². The summed E-state index contributed by atoms with van der Waals surface area (Å²) in [5.41, 5.74) is 8.04. The summed E-state index contributed by atoms with van der Waals surface area (Å²) in [6.45, 7) is 10.3. The molecule has 21 nitrogen and oxygen atoms in total. The molecule has 0 unspecified atom stereocenters. The molecule has 125 heavy (non-hydrogen) atoms. The van der Waals surface area contributed by atoms with Gasteiger partial charge in [-0.25, -0.2) is 8.78 Å². The Morgan fingerprint density at radius 2 is 0.856 bits per heavy atom. The number of aryl methyl sites for hydroxylation is 1. The molecule has 8 aliphatic rings. The predicted octanol–water partition coefficient (Wildman–Crippen LogP) is 20.1. The van der Waals surface area contributed by atoms with Crippen molar-refractivity contribution in [3.05, 3.63) is 296 Å². The summed E-state index contributed by atoms with van der Waals surface area (Å²) >= 11 is 18.5. The van der Waals surface area contributed by atoms with Crippen LogP contribution in [0.3, 0.4) is 0 Å². The molecule has 4 amide bonds. The zero-order valence-corrected chi connectivity index (χ0v) is 71.8. The van der Waals surface area contributed by atoms with E-state index in [4.69, 9.17) is 68.0 Å². The van der Waals surface area contributed by atoms with Crippen molar-refractivity contribution >= 4 is 58.4 Å². The number of aromatic nitrogens is 5. The summed E-state index contributed by atoms with van der Waals surface area (Å²) in [5, 5.41) is 15.5. The third kappa shape index (κ3) is 15.9. The van der Waals surface area contributed by atoms with Gasteiger partial charge in [0.2, 0.25) is 0 Å². The van der Waals surface area contributed by atoms with E-state index in [2.05, 4.69) is 51.7 Å². The Morgan fingerprint density at radius 1 is 0.440 bits per heavy atom. The van der Waals surface area contributed by atoms with Crippen LogP contribution in [0.25, 0.3) is 28.3 Å². The van der Waals surface area contributed by atoms with Crippen molar-refractivity contribution in [2.45, 2.75) is 106 Å². The van der Waals surface area contributed by atoms with Crippen molar-refractivity contribution in [2.24, 2.45) is 7.05 Å². The van der Waals surface area contributed by atoms with Gasteiger partial charge in [0.1, 0.15) is 51.7 Å². The lowest BCUT2D eigenvalue weighted by atomic mass is 9.81. The van der Waals surface area contributed by atoms with Crippen molar-refractivity contribution in [2.75, 3.05) is 73.7 Å². The van der Waals surface area contributed by atoms with Crippen LogP contribution in [0.4, 0.5) is 22.0 Å². The topological polar surface area (TPSA) is 199 Å². The number of amides is 4. The monoisotopic (exact) mass is 1760 g/mol. The van der Waals surface area contributed by atoms with E-state index < -0.39 is 51.6 Å². The molecule has 12 aromatic rings. The second kappa shape index (κ2) is 33.3. The number of methoxy groups -OCH3 is 3. The number of likely N-dealkylation sites (tertiary alicyclic amines) is 4. The van der Waals surface area contributed by atoms with Gasteiger partial charge < -0.3 is 71.6 Å². The fraction of sp³-hybridized carbons (Fsp3) is 0.302. The van der Waals surface area contributed by atoms with Gasteiger partial charge in [0.25, 0.3) is 23.6 Å². The Balaban J connectivity index is 0.000000124. The molecule has 648 valence electrons. The highest BCUT2D eigenvalue weighted by molar-refractivity contribution is 6.31. The SMILES string of the molecule is COc1cc(C(=O)N2CCC3(CC2)Oc2cc(F)ccc2-n2cccc23)ccc1C(C)(C)C.COc1ccc(C(=O)N2CCC3(CC2)Oc2cc(Cl)ccc2-n2cccc23)cc1C(F)(F)F.COc1ccc(Cl)cc1C(=O)N1CCC2(CC1)Oc1cc(Cl)ccc1-n1cccc12.Cn1ncc2c1-c1ccccc1OC21CCN(C(=O)c2ccc(O)c(F)c2)CC1.[HH]. The second-order valence-electron chi connectivity index (χ2n) is 33.3. The van der Waals surface area contributed by atoms with Crippen LogP contribution in [0, 0.1) is 11.6 Å². The number of nitrogens with zero attached hydrogens (tertiary/aromatic N) is 9. The lowest BCUT2D eigenvalue weighted by Gasteiger charge is -2.45. The zero-order chi connectivity index (χ0) is 87.8. The van der Waals surface area contributed by atoms with Crippen molar-refractivity contribution in [3.8, 4) is 74.3 Å². The van der Waals surface area contributed by atoms with Crippen LogP contribution in [0.1, 0.15) is 149 Å². The predicted molar refractivity (Wildman–Crippen MR) is 464 cm³/mol. The fourth-order valence-corrected chi connectivity index (χ4v) is 19.0. The smallest absolute Gasteiger partial charge is 0.419 e. The van der Waals surface area contributed by atoms with Crippen LogP contribution >= 0.6 is 34.8 Å². The van der Waals surface area contributed by atoms with Gasteiger partial charge in [-0.1, -0.05) is 73.8 Å². The number of alkyl halides is 3. The number of piperidine rings is 4. The summed E-state index contributed by atoms with van der Waals surface area (Å²) in [6, 6.07) is 53.8. The maximum absolute atomic E-state index is 13.9. The van der Waals surface area contributed by atoms with E-state index in [-0.39, 0.29) is 47.3 Å². The first-order valence-corrected chi connectivity index (χ1v) is 42.3. The van der Waals surface area contributed by atoms with Gasteiger partial charge in [0, 0.05) is 192 Å². The highest BCUT2D eigenvalue weighted by atomic mass is 35.5. The van der Waals surface area contributed by atoms with Gasteiger partial charge in [0.15, 0.2) is 28.4 Å². The molecular weight excluding hydrogens is 1670 g/mol. The molecule has 8 aliphatic heterocycles. The molecule has 20 rings (SSSR count). The Kier molecular flexibility index (Phi) is 22.6. The quantitative estimate of drug-likeness (QED) is 0.148. The van der Waals surface area contributed by atoms with Crippen LogP contribution in [-0.4, -0.2) is 146 Å². The number of ether oxygens (including phenoxy) is 7. The average Bonchev–Trinajstić information content (AvgIpc) is 1.45. The molecular formula is C96H91Cl3F5N9O12. The number of hydrogen-bond acceptors (Lipinski definition) is 13. The number of benzene rings is 8. The van der Waals surface area contributed by atoms with E-state index in [0.717, 1.165) is 85.9 Å². The number of phenols is 1. The van der Waals surface area contributed by atoms with Crippen LogP contribution in [0.5, 0.6) is 46.0 Å². The Hall–Kier alpha value is -12.4. The number of hydrogen-bond donors (Lipinski definition) is 1. The van der Waals surface area contributed by atoms with Crippen molar-refractivity contribution in [1.29, 1.82) is 0 Å². The van der Waals surface area contributed by atoms with Gasteiger partial charge in [-0.05, 0) is 163 Å². The molecule has 0 atom stereocenters. The molecule has 8 aromatic carbocycles. The largest absolute Gasteiger partial charge is 0.505 e. The molecule has 12 heterocycles. The summed E-state index contributed by atoms with van der Waals surface area (Å²) in [7, 11) is 6.28. The van der Waals surface area contributed by atoms with Gasteiger partial charge in [-0.2, -0.15) is 18.3 Å². The maximum atomic E-state index is 13.9. The Bertz CT molecular complexity index is 6190. The Labute approximate surface area is 734 Å². The first-order chi connectivity index (χ1) is 59.9. The Morgan fingerprint density at radius 3 is 1.34 bits per heavy atom. The van der Waals surface area contributed by atoms with Crippen molar-refractivity contribution in [1.82, 2.24) is 43.1 Å². The molecule has 0 radical (unpaired) electrons. The molecule has 4 aromatic heterocycles. The number of phenolic OH excluding ortho intramolecular Hbond substituents is 1.